The first-order valence-corrected chi connectivity index (χ1v) is 8.44. The molecule has 1 aromatic heterocycles. The van der Waals surface area contributed by atoms with Crippen LogP contribution in [0.5, 0.6) is 5.75 Å². The van der Waals surface area contributed by atoms with Crippen LogP contribution >= 0.6 is 0 Å². The molecule has 5 heteroatoms. The van der Waals surface area contributed by atoms with Crippen LogP contribution in [0.25, 0.3) is 0 Å². The Morgan fingerprint density at radius 3 is 2.58 bits per heavy atom. The summed E-state index contributed by atoms with van der Waals surface area (Å²) in [5, 5.41) is 3.46. The van der Waals surface area contributed by atoms with Crippen LogP contribution in [-0.2, 0) is 0 Å². The summed E-state index contributed by atoms with van der Waals surface area (Å²) < 4.78 is 10.7. The highest BCUT2D eigenvalue weighted by molar-refractivity contribution is 5.96. The fourth-order valence-electron chi connectivity index (χ4n) is 3.22. The molecule has 0 aliphatic carbocycles. The van der Waals surface area contributed by atoms with Gasteiger partial charge in [0.2, 0.25) is 0 Å². The highest BCUT2D eigenvalue weighted by Gasteiger charge is 2.24. The average Bonchev–Trinajstić information content (AvgIpc) is 3.33. The predicted molar refractivity (Wildman–Crippen MR) is 95.7 cm³/mol. The first-order chi connectivity index (χ1) is 11.8. The number of ether oxygens (including phenoxy) is 1. The van der Waals surface area contributed by atoms with E-state index in [1.165, 1.54) is 18.4 Å². The zero-order chi connectivity index (χ0) is 16.8. The maximum atomic E-state index is 5.46. The van der Waals surface area contributed by atoms with Gasteiger partial charge in [-0.05, 0) is 55.8 Å². The number of benzene rings is 1. The van der Waals surface area contributed by atoms with Gasteiger partial charge in [0.05, 0.1) is 19.4 Å². The lowest BCUT2D eigenvalue weighted by Gasteiger charge is -2.28. The molecule has 128 valence electrons. The van der Waals surface area contributed by atoms with E-state index >= 15 is 0 Å². The van der Waals surface area contributed by atoms with Gasteiger partial charge in [-0.1, -0.05) is 12.1 Å². The Bertz CT molecular complexity index is 644. The molecule has 0 saturated carbocycles. The third-order valence-electron chi connectivity index (χ3n) is 4.52. The number of furan rings is 1. The first-order valence-electron chi connectivity index (χ1n) is 8.44. The van der Waals surface area contributed by atoms with Gasteiger partial charge in [-0.15, -0.1) is 0 Å². The molecule has 1 aliphatic heterocycles. The normalized spacial score (nSPS) is 17.0. The fourth-order valence-corrected chi connectivity index (χ4v) is 3.22. The minimum atomic E-state index is 0.310. The number of nitrogens with one attached hydrogen (secondary N) is 1. The van der Waals surface area contributed by atoms with Gasteiger partial charge in [0.1, 0.15) is 5.75 Å². The second-order valence-electron chi connectivity index (χ2n) is 5.96. The molecule has 1 N–H and O–H groups in total. The van der Waals surface area contributed by atoms with Crippen LogP contribution < -0.4 is 10.1 Å². The van der Waals surface area contributed by atoms with Crippen LogP contribution in [0, 0.1) is 0 Å². The van der Waals surface area contributed by atoms with Crippen LogP contribution in [0.1, 0.15) is 30.2 Å². The number of methoxy groups -OCH3 is 1. The van der Waals surface area contributed by atoms with E-state index in [1.54, 1.807) is 20.4 Å². The number of nitrogens with zero attached hydrogens (tertiary/aromatic N) is 2. The van der Waals surface area contributed by atoms with Crippen molar-refractivity contribution in [1.82, 2.24) is 10.2 Å². The van der Waals surface area contributed by atoms with Crippen molar-refractivity contribution in [3.8, 4) is 5.75 Å². The Labute approximate surface area is 143 Å². The topological polar surface area (TPSA) is 50.0 Å². The van der Waals surface area contributed by atoms with Gasteiger partial charge >= 0.3 is 0 Å². The smallest absolute Gasteiger partial charge is 0.168 e. The third-order valence-corrected chi connectivity index (χ3v) is 4.52. The Hall–Kier alpha value is -2.27. The summed E-state index contributed by atoms with van der Waals surface area (Å²) in [4.78, 5) is 6.86. The summed E-state index contributed by atoms with van der Waals surface area (Å²) in [7, 11) is 3.48. The zero-order valence-electron chi connectivity index (χ0n) is 14.4. The van der Waals surface area contributed by atoms with Crippen LogP contribution in [0.2, 0.25) is 0 Å². The van der Waals surface area contributed by atoms with Gasteiger partial charge in [-0.25, -0.2) is 0 Å². The molecular weight excluding hydrogens is 302 g/mol. The van der Waals surface area contributed by atoms with E-state index in [4.69, 9.17) is 9.15 Å². The number of likely N-dealkylation sites (tertiary alicyclic amines) is 1. The van der Waals surface area contributed by atoms with Crippen molar-refractivity contribution in [2.24, 2.45) is 4.99 Å². The fraction of sp³-hybridized carbons (Fsp3) is 0.421. The molecule has 5 nitrogen and oxygen atoms in total. The average molecular weight is 327 g/mol. The van der Waals surface area contributed by atoms with Crippen LogP contribution in [0.15, 0.2) is 52.1 Å². The predicted octanol–water partition coefficient (Wildman–Crippen LogP) is 3.09. The molecule has 0 unspecified atom stereocenters. The Morgan fingerprint density at radius 1 is 1.25 bits per heavy atom. The highest BCUT2D eigenvalue weighted by atomic mass is 16.5. The summed E-state index contributed by atoms with van der Waals surface area (Å²) >= 11 is 0. The molecule has 1 fully saturated rings. The number of hydrogen-bond acceptors (Lipinski definition) is 4. The molecule has 0 radical (unpaired) electrons. The van der Waals surface area contributed by atoms with E-state index in [-0.39, 0.29) is 0 Å². The van der Waals surface area contributed by atoms with Crippen LogP contribution in [0.3, 0.4) is 0 Å². The Balaban J connectivity index is 1.74. The van der Waals surface area contributed by atoms with Crippen molar-refractivity contribution in [3.05, 3.63) is 54.0 Å². The van der Waals surface area contributed by atoms with E-state index in [9.17, 15) is 0 Å². The minimum Gasteiger partial charge on any atom is -0.497 e. The quantitative estimate of drug-likeness (QED) is 0.654. The number of hydrogen-bond donors (Lipinski definition) is 1. The van der Waals surface area contributed by atoms with Gasteiger partial charge in [0, 0.05) is 13.6 Å². The lowest BCUT2D eigenvalue weighted by Crippen LogP contribution is -2.37. The summed E-state index contributed by atoms with van der Waals surface area (Å²) in [5.41, 5.74) is 1.29. The molecule has 1 aliphatic rings. The van der Waals surface area contributed by atoms with E-state index in [2.05, 4.69) is 27.3 Å². The number of amidine groups is 1. The molecule has 0 bridgehead atoms. The van der Waals surface area contributed by atoms with Crippen molar-refractivity contribution >= 4 is 5.84 Å². The summed E-state index contributed by atoms with van der Waals surface area (Å²) in [6, 6.07) is 12.5. The summed E-state index contributed by atoms with van der Waals surface area (Å²) in [6.07, 6.45) is 4.20. The Morgan fingerprint density at radius 2 is 2.00 bits per heavy atom. The van der Waals surface area contributed by atoms with Gasteiger partial charge in [-0.3, -0.25) is 9.89 Å². The van der Waals surface area contributed by atoms with Gasteiger partial charge in [-0.2, -0.15) is 0 Å². The maximum absolute atomic E-state index is 5.46. The first kappa shape index (κ1) is 16.6. The van der Waals surface area contributed by atoms with Gasteiger partial charge in [0.15, 0.2) is 11.6 Å². The van der Waals surface area contributed by atoms with E-state index in [0.29, 0.717) is 6.04 Å². The van der Waals surface area contributed by atoms with Crippen molar-refractivity contribution in [3.63, 3.8) is 0 Å². The van der Waals surface area contributed by atoms with E-state index in [0.717, 1.165) is 37.0 Å². The molecular formula is C19H25N3O2. The number of rotatable bonds is 6. The Kier molecular flexibility index (Phi) is 5.54. The minimum absolute atomic E-state index is 0.310. The number of aliphatic imine (C=N–C) groups is 1. The lowest BCUT2D eigenvalue weighted by molar-refractivity contribution is 0.245. The van der Waals surface area contributed by atoms with E-state index in [1.807, 2.05) is 24.3 Å². The standard InChI is InChI=1S/C19H25N3O2/c1-20-19(18-6-5-13-24-18)21-14-17(22-11-3-4-12-22)15-7-9-16(23-2)10-8-15/h5-10,13,17H,3-4,11-12,14H2,1-2H3,(H,20,21)/t17-/m1/s1. The summed E-state index contributed by atoms with van der Waals surface area (Å²) in [5.74, 6) is 2.45. The van der Waals surface area contributed by atoms with Crippen LogP contribution in [0.4, 0.5) is 0 Å². The lowest BCUT2D eigenvalue weighted by atomic mass is 10.1. The van der Waals surface area contributed by atoms with Crippen molar-refractivity contribution in [2.75, 3.05) is 33.8 Å². The van der Waals surface area contributed by atoms with Crippen molar-refractivity contribution < 1.29 is 9.15 Å². The maximum Gasteiger partial charge on any atom is 0.168 e. The molecule has 2 aromatic rings. The monoisotopic (exact) mass is 327 g/mol. The molecule has 1 saturated heterocycles. The largest absolute Gasteiger partial charge is 0.497 e. The van der Waals surface area contributed by atoms with Crippen LogP contribution in [-0.4, -0.2) is 44.5 Å². The molecule has 2 heterocycles. The third kappa shape index (κ3) is 3.79. The second-order valence-corrected chi connectivity index (χ2v) is 5.96. The summed E-state index contributed by atoms with van der Waals surface area (Å²) in [6.45, 7) is 3.06. The SMILES string of the molecule is CN=C(NC[C@H](c1ccc(OC)cc1)N1CCCC1)c1ccco1. The molecule has 0 amide bonds. The van der Waals surface area contributed by atoms with E-state index < -0.39 is 0 Å². The highest BCUT2D eigenvalue weighted by Crippen LogP contribution is 2.26. The molecule has 1 aromatic carbocycles. The molecule has 24 heavy (non-hydrogen) atoms. The second kappa shape index (κ2) is 8.02. The molecule has 3 rings (SSSR count). The molecule has 0 spiro atoms. The zero-order valence-corrected chi connectivity index (χ0v) is 14.4. The molecule has 1 atom stereocenters. The van der Waals surface area contributed by atoms with Gasteiger partial charge in [0.25, 0.3) is 0 Å². The van der Waals surface area contributed by atoms with Gasteiger partial charge < -0.3 is 14.5 Å². The van der Waals surface area contributed by atoms with Crippen molar-refractivity contribution in [1.29, 1.82) is 0 Å². The van der Waals surface area contributed by atoms with Crippen molar-refractivity contribution in [2.45, 2.75) is 18.9 Å².